The highest BCUT2D eigenvalue weighted by molar-refractivity contribution is 5.97. The summed E-state index contributed by atoms with van der Waals surface area (Å²) in [6, 6.07) is 5.16. The molecule has 3 atom stereocenters. The van der Waals surface area contributed by atoms with Gasteiger partial charge in [0, 0.05) is 36.1 Å². The third-order valence-corrected chi connectivity index (χ3v) is 8.12. The molecule has 2 saturated heterocycles. The van der Waals surface area contributed by atoms with E-state index in [1.165, 1.54) is 37.0 Å². The van der Waals surface area contributed by atoms with E-state index < -0.39 is 5.82 Å². The van der Waals surface area contributed by atoms with Crippen molar-refractivity contribution in [3.63, 3.8) is 0 Å². The number of hydrogen-bond donors (Lipinski definition) is 1. The molecular formula is C26H28FN5O2. The maximum atomic E-state index is 14.1. The smallest absolute Gasteiger partial charge is 0.258 e. The third-order valence-electron chi connectivity index (χ3n) is 8.12. The Bertz CT molecular complexity index is 1270. The Morgan fingerprint density at radius 1 is 1.12 bits per heavy atom. The number of benzene rings is 1. The first-order chi connectivity index (χ1) is 16.6. The summed E-state index contributed by atoms with van der Waals surface area (Å²) in [5.41, 5.74) is 4.34. The third kappa shape index (κ3) is 3.38. The molecule has 4 aliphatic rings. The van der Waals surface area contributed by atoms with Crippen LogP contribution < -0.4 is 10.1 Å². The first-order valence-electron chi connectivity index (χ1n) is 12.5. The van der Waals surface area contributed by atoms with Crippen LogP contribution in [0, 0.1) is 5.82 Å². The minimum Gasteiger partial charge on any atom is -0.489 e. The van der Waals surface area contributed by atoms with Gasteiger partial charge in [-0.2, -0.15) is 5.10 Å². The Kier molecular flexibility index (Phi) is 4.65. The second kappa shape index (κ2) is 7.77. The van der Waals surface area contributed by atoms with Crippen molar-refractivity contribution in [3.05, 3.63) is 58.8 Å². The lowest BCUT2D eigenvalue weighted by Gasteiger charge is -2.30. The van der Waals surface area contributed by atoms with E-state index in [0.717, 1.165) is 42.6 Å². The van der Waals surface area contributed by atoms with Gasteiger partial charge in [-0.3, -0.25) is 4.79 Å². The first-order valence-corrected chi connectivity index (χ1v) is 12.5. The van der Waals surface area contributed by atoms with Crippen LogP contribution in [0.15, 0.2) is 30.6 Å². The molecule has 1 saturated carbocycles. The van der Waals surface area contributed by atoms with Crippen LogP contribution in [0.3, 0.4) is 0 Å². The number of nitrogens with one attached hydrogen (secondary N) is 1. The Labute approximate surface area is 197 Å². The number of carbonyl (C=O) groups is 1. The van der Waals surface area contributed by atoms with E-state index in [4.69, 9.17) is 14.8 Å². The molecule has 3 aliphatic heterocycles. The molecule has 3 aromatic rings. The highest BCUT2D eigenvalue weighted by Gasteiger charge is 2.36. The van der Waals surface area contributed by atoms with Crippen molar-refractivity contribution in [3.8, 4) is 5.75 Å². The number of hydrogen-bond acceptors (Lipinski definition) is 5. The molecule has 1 amide bonds. The number of ether oxygens (including phenoxy) is 1. The minimum atomic E-state index is -0.391. The molecule has 1 aromatic carbocycles. The van der Waals surface area contributed by atoms with Crippen LogP contribution in [-0.2, 0) is 13.1 Å². The van der Waals surface area contributed by atoms with Crippen LogP contribution in [0.4, 0.5) is 4.39 Å². The van der Waals surface area contributed by atoms with Gasteiger partial charge in [0.1, 0.15) is 17.7 Å². The predicted molar refractivity (Wildman–Crippen MR) is 123 cm³/mol. The molecule has 3 fully saturated rings. The number of amides is 1. The maximum absolute atomic E-state index is 14.1. The lowest BCUT2D eigenvalue weighted by atomic mass is 9.81. The van der Waals surface area contributed by atoms with Crippen molar-refractivity contribution in [1.29, 1.82) is 0 Å². The molecule has 1 N–H and O–H groups in total. The molecule has 7 nitrogen and oxygen atoms in total. The van der Waals surface area contributed by atoms with Gasteiger partial charge in [-0.25, -0.2) is 13.9 Å². The topological polar surface area (TPSA) is 71.8 Å². The zero-order valence-electron chi connectivity index (χ0n) is 19.0. The lowest BCUT2D eigenvalue weighted by molar-refractivity contribution is 0.0737. The van der Waals surface area contributed by atoms with Crippen molar-refractivity contribution >= 4 is 11.6 Å². The molecule has 34 heavy (non-hydrogen) atoms. The van der Waals surface area contributed by atoms with E-state index >= 15 is 0 Å². The molecule has 8 heteroatoms. The fourth-order valence-electron chi connectivity index (χ4n) is 6.08. The van der Waals surface area contributed by atoms with Crippen LogP contribution in [0.1, 0.15) is 78.0 Å². The van der Waals surface area contributed by atoms with E-state index in [9.17, 15) is 9.18 Å². The molecule has 0 spiro atoms. The summed E-state index contributed by atoms with van der Waals surface area (Å²) in [5.74, 6) is 0.394. The quantitative estimate of drug-likeness (QED) is 0.637. The molecule has 7 rings (SSSR count). The average Bonchev–Trinajstić information content (AvgIpc) is 3.44. The monoisotopic (exact) mass is 461 g/mol. The molecule has 0 unspecified atom stereocenters. The van der Waals surface area contributed by atoms with Crippen molar-refractivity contribution in [2.45, 2.75) is 82.1 Å². The van der Waals surface area contributed by atoms with E-state index in [2.05, 4.69) is 11.5 Å². The van der Waals surface area contributed by atoms with Crippen LogP contribution >= 0.6 is 0 Å². The Hall–Kier alpha value is -3.00. The van der Waals surface area contributed by atoms with Gasteiger partial charge in [0.15, 0.2) is 5.65 Å². The predicted octanol–water partition coefficient (Wildman–Crippen LogP) is 3.95. The number of aromatic nitrogens is 3. The van der Waals surface area contributed by atoms with Crippen molar-refractivity contribution in [2.75, 3.05) is 0 Å². The second-order valence-electron chi connectivity index (χ2n) is 10.4. The highest BCUT2D eigenvalue weighted by atomic mass is 19.1. The summed E-state index contributed by atoms with van der Waals surface area (Å²) in [5, 5.41) is 8.33. The van der Waals surface area contributed by atoms with E-state index in [0.29, 0.717) is 42.4 Å². The van der Waals surface area contributed by atoms with Gasteiger partial charge in [-0.05, 0) is 62.1 Å². The first kappa shape index (κ1) is 20.4. The maximum Gasteiger partial charge on any atom is 0.258 e. The average molecular weight is 462 g/mol. The number of fused-ring (bicyclic) bond motifs is 5. The van der Waals surface area contributed by atoms with E-state index in [1.54, 1.807) is 11.0 Å². The molecule has 2 aromatic heterocycles. The molecule has 1 aliphatic carbocycles. The standard InChI is InChI=1S/C26H28FN5O2/c27-17-4-7-21(24(8-17)34-20-9-18-5-6-19(10-20)29-18)26(33)31-13-22-23(14-31)30-32-12-16(11-28-25(22)32)15-2-1-3-15/h4,7-8,11-12,15,18-20,29H,1-3,5-6,9-10,13-14H2/t18-,19+,20+. The Morgan fingerprint density at radius 2 is 1.94 bits per heavy atom. The van der Waals surface area contributed by atoms with Gasteiger partial charge < -0.3 is 15.0 Å². The van der Waals surface area contributed by atoms with Gasteiger partial charge >= 0.3 is 0 Å². The van der Waals surface area contributed by atoms with Gasteiger partial charge in [-0.1, -0.05) is 6.42 Å². The van der Waals surface area contributed by atoms with Gasteiger partial charge in [0.2, 0.25) is 0 Å². The van der Waals surface area contributed by atoms with Crippen LogP contribution in [0.5, 0.6) is 5.75 Å². The molecular weight excluding hydrogens is 433 g/mol. The fourth-order valence-corrected chi connectivity index (χ4v) is 6.08. The molecule has 176 valence electrons. The number of piperidine rings is 1. The number of carbonyl (C=O) groups excluding carboxylic acids is 1. The van der Waals surface area contributed by atoms with Crippen LogP contribution in [0.2, 0.25) is 0 Å². The minimum absolute atomic E-state index is 0.00106. The molecule has 0 radical (unpaired) electrons. The number of rotatable bonds is 4. The van der Waals surface area contributed by atoms with Gasteiger partial charge in [-0.15, -0.1) is 0 Å². The van der Waals surface area contributed by atoms with E-state index in [-0.39, 0.29) is 12.0 Å². The highest BCUT2D eigenvalue weighted by Crippen LogP contribution is 2.37. The summed E-state index contributed by atoms with van der Waals surface area (Å²) in [6.45, 7) is 0.867. The summed E-state index contributed by atoms with van der Waals surface area (Å²) in [4.78, 5) is 20.0. The van der Waals surface area contributed by atoms with Crippen molar-refractivity contribution in [1.82, 2.24) is 24.8 Å². The Morgan fingerprint density at radius 3 is 2.71 bits per heavy atom. The molecule has 5 heterocycles. The van der Waals surface area contributed by atoms with E-state index in [1.807, 2.05) is 10.7 Å². The summed E-state index contributed by atoms with van der Waals surface area (Å²) < 4.78 is 22.3. The van der Waals surface area contributed by atoms with Crippen LogP contribution in [-0.4, -0.2) is 43.6 Å². The van der Waals surface area contributed by atoms with Crippen molar-refractivity contribution in [2.24, 2.45) is 0 Å². The summed E-state index contributed by atoms with van der Waals surface area (Å²) in [7, 11) is 0. The number of nitrogens with zero attached hydrogens (tertiary/aromatic N) is 4. The normalized spacial score (nSPS) is 26.0. The SMILES string of the molecule is O=C(c1ccc(F)cc1O[C@H]1C[C@H]2CC[C@@H](C1)N2)N1Cc2nn3cc(C4CCC4)cnc3c2C1. The molecule has 2 bridgehead atoms. The summed E-state index contributed by atoms with van der Waals surface area (Å²) >= 11 is 0. The van der Waals surface area contributed by atoms with Gasteiger partial charge in [0.05, 0.1) is 24.3 Å². The largest absolute Gasteiger partial charge is 0.489 e. The summed E-state index contributed by atoms with van der Waals surface area (Å²) in [6.07, 6.45) is 11.9. The Balaban J connectivity index is 1.12. The fraction of sp³-hybridized carbons (Fsp3) is 0.500. The van der Waals surface area contributed by atoms with Gasteiger partial charge in [0.25, 0.3) is 5.91 Å². The number of halogens is 1. The zero-order valence-corrected chi connectivity index (χ0v) is 19.0. The van der Waals surface area contributed by atoms with Crippen molar-refractivity contribution < 1.29 is 13.9 Å². The zero-order chi connectivity index (χ0) is 22.8. The van der Waals surface area contributed by atoms with Crippen LogP contribution in [0.25, 0.3) is 5.65 Å². The lowest BCUT2D eigenvalue weighted by Crippen LogP contribution is -2.42. The second-order valence-corrected chi connectivity index (χ2v) is 10.4.